The van der Waals surface area contributed by atoms with E-state index < -0.39 is 0 Å². The summed E-state index contributed by atoms with van der Waals surface area (Å²) in [5, 5.41) is 0. The van der Waals surface area contributed by atoms with E-state index in [1.54, 1.807) is 5.56 Å². The Morgan fingerprint density at radius 2 is 0.610 bits per heavy atom. The van der Waals surface area contributed by atoms with Crippen LogP contribution in [0.1, 0.15) is 175 Å². The molecule has 1 aliphatic carbocycles. The van der Waals surface area contributed by atoms with Gasteiger partial charge in [0.2, 0.25) is 22.8 Å². The quantitative estimate of drug-likeness (QED) is 0.102. The number of rotatable bonds is 13. The van der Waals surface area contributed by atoms with Gasteiger partial charge in [-0.05, 0) is 267 Å². The molecule has 12 aromatic rings. The first-order valence-electron chi connectivity index (χ1n) is 38.6. The molecule has 4 heteroatoms. The monoisotopic (exact) mass is 1390 g/mol. The lowest BCUT2D eigenvalue weighted by atomic mass is 9.86. The van der Waals surface area contributed by atoms with Crippen molar-refractivity contribution in [1.29, 1.82) is 0 Å². The minimum absolute atomic E-state index is 0.292. The molecule has 0 N–H and O–H groups in total. The fourth-order valence-electron chi connectivity index (χ4n) is 15.7. The second-order valence-electron chi connectivity index (χ2n) is 32.6. The van der Waals surface area contributed by atoms with Gasteiger partial charge in [0.15, 0.2) is 24.8 Å². The number of benzene rings is 8. The van der Waals surface area contributed by atoms with Crippen LogP contribution in [0.25, 0.3) is 89.5 Å². The minimum atomic E-state index is 0.292. The summed E-state index contributed by atoms with van der Waals surface area (Å²) in [5.74, 6) is 1.97. The molecule has 4 heterocycles. The van der Waals surface area contributed by atoms with E-state index >= 15 is 0 Å². The molecule has 0 spiro atoms. The summed E-state index contributed by atoms with van der Waals surface area (Å²) in [6.45, 7) is 42.5. The number of hydrogen-bond donors (Lipinski definition) is 0. The molecular formula is C101H120N4+4. The van der Waals surface area contributed by atoms with Crippen LogP contribution in [0, 0.1) is 94.4 Å². The standard InChI is InChI=1S/C26H30N.C26H32N.C25H30N.C24H28N/c1-18-9-5-8-12-23(18)22-14-13-19(2)24(16-22)26-15-20(3)25(17-27(26)4)21-10-6-7-11-21;1-18-10-8-9-11-23(18)21-13-12-19(2)24(15-21)25-14-20(3)22(17-27(25)7)16-26(4,5)6;1-17(2)13-22-16-26(6)25(14-20(22)5)24-15-21(12-11-19(24)4)23-10-8-7-9-18(23)3;1-16(2)23-15-25(6)24(13-19(23)5)22-14-20(12-11-18(22)4)21-10-8-7-9-17(21)3/h5,8-9,12-17,21H,6-7,10-11H2,1-4H3;8-15,17H,16H2,1-7H3;7-12,14-17H,13H2,1-6H3;7-16H,1-6H3/q4*+1. The van der Waals surface area contributed by atoms with E-state index in [4.69, 9.17) is 0 Å². The van der Waals surface area contributed by atoms with Crippen molar-refractivity contribution < 1.29 is 18.3 Å². The fourth-order valence-corrected chi connectivity index (χ4v) is 15.7. The Bertz CT molecular complexity index is 5080. The maximum absolute atomic E-state index is 2.40. The van der Waals surface area contributed by atoms with E-state index in [9.17, 15) is 0 Å². The number of hydrogen-bond acceptors (Lipinski definition) is 0. The Morgan fingerprint density at radius 1 is 0.314 bits per heavy atom. The zero-order chi connectivity index (χ0) is 75.7. The van der Waals surface area contributed by atoms with Gasteiger partial charge in [-0.3, -0.25) is 0 Å². The molecule has 0 unspecified atom stereocenters. The Hall–Kier alpha value is -9.64. The zero-order valence-electron chi connectivity index (χ0n) is 68.0. The van der Waals surface area contributed by atoms with E-state index in [1.807, 2.05) is 0 Å². The van der Waals surface area contributed by atoms with Crippen LogP contribution in [0.3, 0.4) is 0 Å². The molecule has 4 nitrogen and oxygen atoms in total. The van der Waals surface area contributed by atoms with E-state index in [-0.39, 0.29) is 0 Å². The van der Waals surface area contributed by atoms with Gasteiger partial charge in [-0.1, -0.05) is 207 Å². The zero-order valence-corrected chi connectivity index (χ0v) is 68.0. The van der Waals surface area contributed by atoms with Gasteiger partial charge in [0.25, 0.3) is 0 Å². The van der Waals surface area contributed by atoms with Crippen molar-refractivity contribution in [3.05, 3.63) is 308 Å². The highest BCUT2D eigenvalue weighted by molar-refractivity contribution is 5.79. The van der Waals surface area contributed by atoms with Crippen molar-refractivity contribution in [3.8, 4) is 89.5 Å². The topological polar surface area (TPSA) is 15.5 Å². The minimum Gasteiger partial charge on any atom is -0.201 e. The van der Waals surface area contributed by atoms with Crippen LogP contribution in [0.15, 0.2) is 219 Å². The van der Waals surface area contributed by atoms with Crippen molar-refractivity contribution in [2.75, 3.05) is 0 Å². The second-order valence-corrected chi connectivity index (χ2v) is 32.6. The maximum Gasteiger partial charge on any atom is 0.212 e. The van der Waals surface area contributed by atoms with Gasteiger partial charge in [0, 0.05) is 68.8 Å². The first-order valence-corrected chi connectivity index (χ1v) is 38.6. The SMILES string of the molecule is Cc1cc(-c2cc(-c3ccccc3C)ccc2C)[n+](C)cc1CC(C)(C)C.Cc1cc(-c2cc(-c3ccccc3C)ccc2C)[n+](C)cc1CC(C)C.Cc1ccccc1-c1ccc(C)c(-c2cc(C)c(C(C)C)c[n+]2C)c1.Cc1ccccc1-c1ccc(C)c(-c2cc(C)c(C3CCCC3)c[n+]2C)c1. The summed E-state index contributed by atoms with van der Waals surface area (Å²) in [5.41, 5.74) is 43.0. The maximum atomic E-state index is 2.40. The Kier molecular flexibility index (Phi) is 25.3. The van der Waals surface area contributed by atoms with Gasteiger partial charge in [-0.2, -0.15) is 0 Å². The van der Waals surface area contributed by atoms with Crippen LogP contribution in [-0.2, 0) is 41.0 Å². The predicted octanol–water partition coefficient (Wildman–Crippen LogP) is 24.6. The van der Waals surface area contributed by atoms with Crippen molar-refractivity contribution in [2.24, 2.45) is 39.5 Å². The third-order valence-corrected chi connectivity index (χ3v) is 21.9. The van der Waals surface area contributed by atoms with Crippen molar-refractivity contribution >= 4 is 0 Å². The van der Waals surface area contributed by atoms with Crippen molar-refractivity contribution in [3.63, 3.8) is 0 Å². The van der Waals surface area contributed by atoms with Crippen LogP contribution in [-0.4, -0.2) is 0 Å². The molecule has 540 valence electrons. The summed E-state index contributed by atoms with van der Waals surface area (Å²) >= 11 is 0. The third-order valence-electron chi connectivity index (χ3n) is 21.9. The van der Waals surface area contributed by atoms with Gasteiger partial charge < -0.3 is 0 Å². The lowest BCUT2D eigenvalue weighted by molar-refractivity contribution is -0.661. The van der Waals surface area contributed by atoms with Gasteiger partial charge in [0.05, 0.1) is 0 Å². The van der Waals surface area contributed by atoms with Gasteiger partial charge in [0.1, 0.15) is 28.2 Å². The second kappa shape index (κ2) is 34.1. The lowest BCUT2D eigenvalue weighted by Crippen LogP contribution is -2.32. The van der Waals surface area contributed by atoms with Crippen LogP contribution in [0.5, 0.6) is 0 Å². The molecule has 1 aliphatic rings. The summed E-state index contributed by atoms with van der Waals surface area (Å²) in [4.78, 5) is 0. The molecule has 0 bridgehead atoms. The van der Waals surface area contributed by atoms with Crippen molar-refractivity contribution in [1.82, 2.24) is 0 Å². The first-order chi connectivity index (χ1) is 49.9. The molecule has 8 aromatic carbocycles. The van der Waals surface area contributed by atoms with Gasteiger partial charge in [-0.15, -0.1) is 0 Å². The normalized spacial score (nSPS) is 12.2. The molecule has 0 saturated heterocycles. The van der Waals surface area contributed by atoms with Crippen LogP contribution >= 0.6 is 0 Å². The van der Waals surface area contributed by atoms with Gasteiger partial charge >= 0.3 is 0 Å². The Balaban J connectivity index is 0.000000150. The lowest BCUT2D eigenvalue weighted by Gasteiger charge is -2.19. The summed E-state index contributed by atoms with van der Waals surface area (Å²) in [6, 6.07) is 71.2. The van der Waals surface area contributed by atoms with Crippen LogP contribution in [0.2, 0.25) is 0 Å². The molecule has 0 atom stereocenters. The van der Waals surface area contributed by atoms with E-state index in [1.165, 1.54) is 199 Å². The summed E-state index contributed by atoms with van der Waals surface area (Å²) < 4.78 is 9.18. The number of pyridine rings is 4. The molecule has 0 aliphatic heterocycles. The fraction of sp³-hybridized carbons (Fsp3) is 0.327. The van der Waals surface area contributed by atoms with Crippen LogP contribution in [0.4, 0.5) is 0 Å². The number of aromatic nitrogens is 4. The molecule has 0 amide bonds. The molecular weight excluding hydrogens is 1270 g/mol. The Labute approximate surface area is 633 Å². The highest BCUT2D eigenvalue weighted by Gasteiger charge is 2.26. The smallest absolute Gasteiger partial charge is 0.201 e. The number of aryl methyl sites for hydroxylation is 16. The average Bonchev–Trinajstić information content (AvgIpc) is 1.11. The first kappa shape index (κ1) is 78.0. The molecule has 1 fully saturated rings. The molecule has 105 heavy (non-hydrogen) atoms. The highest BCUT2D eigenvalue weighted by Crippen LogP contribution is 2.39. The highest BCUT2D eigenvalue weighted by atomic mass is 14.9. The average molecular weight is 1390 g/mol. The molecule has 1 saturated carbocycles. The van der Waals surface area contributed by atoms with E-state index in [0.29, 0.717) is 17.3 Å². The largest absolute Gasteiger partial charge is 0.212 e. The van der Waals surface area contributed by atoms with E-state index in [0.717, 1.165) is 18.8 Å². The van der Waals surface area contributed by atoms with E-state index in [2.05, 4.69) is 397 Å². The summed E-state index contributed by atoms with van der Waals surface area (Å²) in [7, 11) is 8.69. The van der Waals surface area contributed by atoms with Gasteiger partial charge in [-0.25, -0.2) is 18.3 Å². The van der Waals surface area contributed by atoms with Crippen LogP contribution < -0.4 is 18.3 Å². The predicted molar refractivity (Wildman–Crippen MR) is 448 cm³/mol. The number of nitrogens with zero attached hydrogens (tertiary/aromatic N) is 4. The summed E-state index contributed by atoms with van der Waals surface area (Å²) in [6.07, 6.45) is 17.0. The van der Waals surface area contributed by atoms with Crippen molar-refractivity contribution in [2.45, 2.75) is 182 Å². The molecule has 4 aromatic heterocycles. The Morgan fingerprint density at radius 3 is 0.943 bits per heavy atom. The molecule has 0 radical (unpaired) electrons. The third kappa shape index (κ3) is 18.9. The molecule has 13 rings (SSSR count).